The van der Waals surface area contributed by atoms with Crippen molar-refractivity contribution in [1.82, 2.24) is 0 Å². The Kier molecular flexibility index (Phi) is 3.80. The summed E-state index contributed by atoms with van der Waals surface area (Å²) in [6.45, 7) is 2.24. The Bertz CT molecular complexity index is 631. The maximum absolute atomic E-state index is 12.1. The predicted molar refractivity (Wildman–Crippen MR) is 71.7 cm³/mol. The first-order valence-electron chi connectivity index (χ1n) is 6.03. The van der Waals surface area contributed by atoms with Gasteiger partial charge in [-0.2, -0.15) is 0 Å². The van der Waals surface area contributed by atoms with Gasteiger partial charge < -0.3 is 9.84 Å². The minimum absolute atomic E-state index is 0.349. The lowest BCUT2D eigenvalue weighted by Crippen LogP contribution is -2.10. The number of carboxylic acid groups (broad SMARTS) is 1. The zero-order chi connectivity index (χ0) is 13.8. The van der Waals surface area contributed by atoms with Crippen molar-refractivity contribution in [3.05, 3.63) is 42.0 Å². The van der Waals surface area contributed by atoms with Crippen LogP contribution in [0.3, 0.4) is 0 Å². The first-order valence-corrected chi connectivity index (χ1v) is 6.03. The van der Waals surface area contributed by atoms with Crippen LogP contribution in [0.15, 0.2) is 36.4 Å². The van der Waals surface area contributed by atoms with Crippen LogP contribution in [0.4, 0.5) is 0 Å². The normalized spacial score (nSPS) is 10.4. The number of ether oxygens (including phenoxy) is 1. The molecule has 0 amide bonds. The highest BCUT2D eigenvalue weighted by Crippen LogP contribution is 2.29. The zero-order valence-corrected chi connectivity index (χ0v) is 10.6. The summed E-state index contributed by atoms with van der Waals surface area (Å²) in [6.07, 6.45) is -0.534. The summed E-state index contributed by atoms with van der Waals surface area (Å²) in [5.74, 6) is -1.14. The van der Waals surface area contributed by atoms with E-state index >= 15 is 0 Å². The van der Waals surface area contributed by atoms with Crippen LogP contribution < -0.4 is 4.74 Å². The fraction of sp³-hybridized carbons (Fsp3) is 0.200. The van der Waals surface area contributed by atoms with E-state index in [1.54, 1.807) is 12.1 Å². The Morgan fingerprint density at radius 2 is 1.89 bits per heavy atom. The molecule has 0 saturated heterocycles. The molecular formula is C15H14O4. The third kappa shape index (κ3) is 2.73. The molecule has 0 saturated carbocycles. The summed E-state index contributed by atoms with van der Waals surface area (Å²) in [5.41, 5.74) is 0.349. The first kappa shape index (κ1) is 13.1. The minimum atomic E-state index is -1.14. The maximum Gasteiger partial charge on any atom is 0.311 e. The molecule has 4 nitrogen and oxygen atoms in total. The predicted octanol–water partition coefficient (Wildman–Crippen LogP) is 2.90. The van der Waals surface area contributed by atoms with Crippen molar-refractivity contribution in [2.45, 2.75) is 13.3 Å². The number of carboxylic acids is 1. The third-order valence-corrected chi connectivity index (χ3v) is 2.78. The minimum Gasteiger partial charge on any atom is -0.493 e. The van der Waals surface area contributed by atoms with Crippen LogP contribution in [-0.4, -0.2) is 23.5 Å². The zero-order valence-electron chi connectivity index (χ0n) is 10.6. The Morgan fingerprint density at radius 3 is 2.58 bits per heavy atom. The summed E-state index contributed by atoms with van der Waals surface area (Å²) in [5, 5.41) is 10.4. The van der Waals surface area contributed by atoms with E-state index in [9.17, 15) is 9.59 Å². The second kappa shape index (κ2) is 5.52. The molecule has 0 aromatic heterocycles. The van der Waals surface area contributed by atoms with Gasteiger partial charge in [0.05, 0.1) is 12.2 Å². The number of Topliss-reactive ketones (excluding diaryl/α,β-unsaturated/α-hetero) is 1. The lowest BCUT2D eigenvalue weighted by Gasteiger charge is -2.11. The van der Waals surface area contributed by atoms with Crippen molar-refractivity contribution >= 4 is 22.5 Å². The van der Waals surface area contributed by atoms with Crippen molar-refractivity contribution in [2.24, 2.45) is 0 Å². The van der Waals surface area contributed by atoms with E-state index in [0.717, 1.165) is 10.8 Å². The molecule has 0 bridgehead atoms. The van der Waals surface area contributed by atoms with E-state index < -0.39 is 18.2 Å². The van der Waals surface area contributed by atoms with Gasteiger partial charge in [-0.25, -0.2) is 0 Å². The molecule has 1 N–H and O–H groups in total. The van der Waals surface area contributed by atoms with Gasteiger partial charge in [0.2, 0.25) is 0 Å². The van der Waals surface area contributed by atoms with E-state index in [2.05, 4.69) is 0 Å². The second-order valence-electron chi connectivity index (χ2n) is 4.09. The van der Waals surface area contributed by atoms with E-state index in [1.165, 1.54) is 0 Å². The molecule has 0 fully saturated rings. The monoisotopic (exact) mass is 258 g/mol. The van der Waals surface area contributed by atoms with Crippen molar-refractivity contribution in [1.29, 1.82) is 0 Å². The third-order valence-electron chi connectivity index (χ3n) is 2.78. The van der Waals surface area contributed by atoms with Crippen LogP contribution >= 0.6 is 0 Å². The highest BCUT2D eigenvalue weighted by atomic mass is 16.5. The molecule has 0 aliphatic heterocycles. The molecule has 98 valence electrons. The van der Waals surface area contributed by atoms with Gasteiger partial charge in [-0.15, -0.1) is 0 Å². The maximum atomic E-state index is 12.1. The lowest BCUT2D eigenvalue weighted by molar-refractivity contribution is -0.135. The molecule has 0 aliphatic carbocycles. The van der Waals surface area contributed by atoms with Crippen LogP contribution in [0.25, 0.3) is 10.8 Å². The van der Waals surface area contributed by atoms with E-state index in [0.29, 0.717) is 17.9 Å². The number of hydrogen-bond donors (Lipinski definition) is 1. The smallest absolute Gasteiger partial charge is 0.311 e. The lowest BCUT2D eigenvalue weighted by atomic mass is 9.98. The average molecular weight is 258 g/mol. The molecule has 0 radical (unpaired) electrons. The fourth-order valence-electron chi connectivity index (χ4n) is 2.04. The molecule has 0 atom stereocenters. The van der Waals surface area contributed by atoms with E-state index in [1.807, 2.05) is 31.2 Å². The van der Waals surface area contributed by atoms with Gasteiger partial charge in [-0.05, 0) is 23.8 Å². The molecule has 0 heterocycles. The molecule has 2 rings (SSSR count). The summed E-state index contributed by atoms with van der Waals surface area (Å²) in [4.78, 5) is 22.8. The fourth-order valence-corrected chi connectivity index (χ4v) is 2.04. The highest BCUT2D eigenvalue weighted by Gasteiger charge is 2.18. The summed E-state index contributed by atoms with van der Waals surface area (Å²) < 4.78 is 5.43. The van der Waals surface area contributed by atoms with Crippen molar-refractivity contribution < 1.29 is 19.4 Å². The van der Waals surface area contributed by atoms with E-state index in [4.69, 9.17) is 9.84 Å². The Labute approximate surface area is 110 Å². The van der Waals surface area contributed by atoms with Gasteiger partial charge in [-0.1, -0.05) is 30.3 Å². The first-order chi connectivity index (χ1) is 9.13. The van der Waals surface area contributed by atoms with Crippen LogP contribution in [0.2, 0.25) is 0 Å². The number of carbonyl (C=O) groups excluding carboxylic acids is 1. The summed E-state index contributed by atoms with van der Waals surface area (Å²) >= 11 is 0. The molecule has 19 heavy (non-hydrogen) atoms. The van der Waals surface area contributed by atoms with Crippen LogP contribution in [0.5, 0.6) is 5.75 Å². The van der Waals surface area contributed by atoms with Crippen LogP contribution in [-0.2, 0) is 4.79 Å². The van der Waals surface area contributed by atoms with Crippen molar-refractivity contribution in [3.8, 4) is 5.75 Å². The standard InChI is InChI=1S/C15H14O4/c1-2-19-13-8-7-10-5-3-4-6-11(10)15(13)12(16)9-14(17)18/h3-8H,2,9H2,1H3,(H,17,18). The molecule has 0 unspecified atom stereocenters. The molecular weight excluding hydrogens is 244 g/mol. The Hall–Kier alpha value is -2.36. The number of carbonyl (C=O) groups is 2. The topological polar surface area (TPSA) is 63.6 Å². The number of fused-ring (bicyclic) bond motifs is 1. The summed E-state index contributed by atoms with van der Waals surface area (Å²) in [6, 6.07) is 10.9. The number of ketones is 1. The number of aliphatic carboxylic acids is 1. The van der Waals surface area contributed by atoms with Crippen molar-refractivity contribution in [2.75, 3.05) is 6.61 Å². The van der Waals surface area contributed by atoms with E-state index in [-0.39, 0.29) is 0 Å². The van der Waals surface area contributed by atoms with Gasteiger partial charge in [0.1, 0.15) is 12.2 Å². The second-order valence-corrected chi connectivity index (χ2v) is 4.09. The largest absolute Gasteiger partial charge is 0.493 e. The molecule has 2 aromatic carbocycles. The SMILES string of the molecule is CCOc1ccc2ccccc2c1C(=O)CC(=O)O. The van der Waals surface area contributed by atoms with Gasteiger partial charge in [0, 0.05) is 0 Å². The van der Waals surface area contributed by atoms with Gasteiger partial charge in [0.15, 0.2) is 5.78 Å². The average Bonchev–Trinajstić information content (AvgIpc) is 2.37. The number of benzene rings is 2. The van der Waals surface area contributed by atoms with Gasteiger partial charge >= 0.3 is 5.97 Å². The molecule has 0 spiro atoms. The Balaban J connectivity index is 2.61. The highest BCUT2D eigenvalue weighted by molar-refractivity contribution is 6.15. The molecule has 2 aromatic rings. The van der Waals surface area contributed by atoms with Crippen LogP contribution in [0, 0.1) is 0 Å². The Morgan fingerprint density at radius 1 is 1.16 bits per heavy atom. The summed E-state index contributed by atoms with van der Waals surface area (Å²) in [7, 11) is 0. The molecule has 4 heteroatoms. The van der Waals surface area contributed by atoms with Gasteiger partial charge in [-0.3, -0.25) is 9.59 Å². The van der Waals surface area contributed by atoms with Gasteiger partial charge in [0.25, 0.3) is 0 Å². The number of hydrogen-bond acceptors (Lipinski definition) is 3. The number of rotatable bonds is 5. The molecule has 0 aliphatic rings. The van der Waals surface area contributed by atoms with Crippen molar-refractivity contribution in [3.63, 3.8) is 0 Å². The quantitative estimate of drug-likeness (QED) is 0.661. The van der Waals surface area contributed by atoms with Crippen LogP contribution in [0.1, 0.15) is 23.7 Å².